The molecule has 0 radical (unpaired) electrons. The van der Waals surface area contributed by atoms with E-state index in [1.54, 1.807) is 32.1 Å². The summed E-state index contributed by atoms with van der Waals surface area (Å²) in [6.07, 6.45) is 3.42. The van der Waals surface area contributed by atoms with E-state index in [0.29, 0.717) is 10.0 Å². The van der Waals surface area contributed by atoms with Crippen LogP contribution in [0.15, 0.2) is 28.7 Å². The van der Waals surface area contributed by atoms with Crippen molar-refractivity contribution >= 4 is 33.0 Å². The molecule has 88 valence electrons. The summed E-state index contributed by atoms with van der Waals surface area (Å²) in [5.41, 5.74) is 0.699. The molecule has 16 heavy (non-hydrogen) atoms. The average molecular weight is 306 g/mol. The molecule has 1 rings (SSSR count). The predicted molar refractivity (Wildman–Crippen MR) is 69.5 cm³/mol. The lowest BCUT2D eigenvalue weighted by molar-refractivity contribution is 0.626. The van der Waals surface area contributed by atoms with Crippen LogP contribution in [-0.2, 0) is 11.0 Å². The van der Waals surface area contributed by atoms with Gasteiger partial charge in [-0.2, -0.15) is 0 Å². The molecular weight excluding hydrogens is 293 g/mol. The molecule has 2 N–H and O–H groups in total. The summed E-state index contributed by atoms with van der Waals surface area (Å²) < 4.78 is 24.3. The predicted octanol–water partition coefficient (Wildman–Crippen LogP) is 3.00. The van der Waals surface area contributed by atoms with E-state index < -0.39 is 15.7 Å². The van der Waals surface area contributed by atoms with Crippen LogP contribution in [0.5, 0.6) is 0 Å². The quantitative estimate of drug-likeness (QED) is 0.916. The summed E-state index contributed by atoms with van der Waals surface area (Å²) >= 11 is 3.20. The van der Waals surface area contributed by atoms with Crippen molar-refractivity contribution in [2.24, 2.45) is 5.14 Å². The van der Waals surface area contributed by atoms with Crippen LogP contribution in [0.3, 0.4) is 0 Å². The fraction of sp³-hybridized carbons (Fsp3) is 0.273. The number of hydrogen-bond acceptors (Lipinski definition) is 1. The number of halogens is 2. The molecule has 1 aromatic rings. The first-order chi connectivity index (χ1) is 7.31. The molecule has 0 fully saturated rings. The Morgan fingerprint density at radius 3 is 2.56 bits per heavy atom. The van der Waals surface area contributed by atoms with Crippen LogP contribution in [0.4, 0.5) is 4.39 Å². The molecule has 0 bridgehead atoms. The highest BCUT2D eigenvalue weighted by Crippen LogP contribution is 2.18. The zero-order valence-corrected chi connectivity index (χ0v) is 11.4. The Hall–Kier alpha value is -0.520. The maximum Gasteiger partial charge on any atom is 0.124 e. The molecule has 5 heteroatoms. The minimum atomic E-state index is -1.45. The summed E-state index contributed by atoms with van der Waals surface area (Å²) in [5.74, 6) is -0.319. The van der Waals surface area contributed by atoms with Crippen LogP contribution >= 0.6 is 15.9 Å². The summed E-state index contributed by atoms with van der Waals surface area (Å²) in [7, 11) is -1.45. The van der Waals surface area contributed by atoms with Gasteiger partial charge in [0, 0.05) is 4.47 Å². The third-order valence-electron chi connectivity index (χ3n) is 2.08. The van der Waals surface area contributed by atoms with E-state index in [-0.39, 0.29) is 5.82 Å². The van der Waals surface area contributed by atoms with Crippen molar-refractivity contribution in [2.45, 2.75) is 18.6 Å². The van der Waals surface area contributed by atoms with Crippen molar-refractivity contribution in [1.29, 1.82) is 0 Å². The zero-order chi connectivity index (χ0) is 12.3. The van der Waals surface area contributed by atoms with Crippen molar-refractivity contribution in [1.82, 2.24) is 0 Å². The molecule has 0 aliphatic rings. The standard InChI is InChI=1S/C11H13BrFNOS/c1-11(2,16(14)15)4-3-8-5-9(12)7-10(13)6-8/h3-7H,14H2,1-2H3/b4-3+. The van der Waals surface area contributed by atoms with Crippen molar-refractivity contribution in [3.63, 3.8) is 0 Å². The molecule has 0 heterocycles. The molecule has 1 unspecified atom stereocenters. The van der Waals surface area contributed by atoms with Crippen LogP contribution in [0, 0.1) is 5.82 Å². The van der Waals surface area contributed by atoms with Crippen LogP contribution in [0.25, 0.3) is 6.08 Å². The third-order valence-corrected chi connectivity index (χ3v) is 3.71. The summed E-state index contributed by atoms with van der Waals surface area (Å²) in [4.78, 5) is 0. The molecule has 1 atom stereocenters. The van der Waals surface area contributed by atoms with Gasteiger partial charge in [-0.15, -0.1) is 0 Å². The lowest BCUT2D eigenvalue weighted by Crippen LogP contribution is -2.29. The number of rotatable bonds is 3. The van der Waals surface area contributed by atoms with Crippen LogP contribution in [0.1, 0.15) is 19.4 Å². The highest BCUT2D eigenvalue weighted by Gasteiger charge is 2.18. The number of nitrogens with two attached hydrogens (primary N) is 1. The SMILES string of the molecule is CC(C)(/C=C/c1cc(F)cc(Br)c1)S(N)=O. The van der Waals surface area contributed by atoms with Gasteiger partial charge in [0.2, 0.25) is 0 Å². The Morgan fingerprint density at radius 2 is 2.06 bits per heavy atom. The summed E-state index contributed by atoms with van der Waals surface area (Å²) in [6.45, 7) is 3.52. The first kappa shape index (κ1) is 13.5. The lowest BCUT2D eigenvalue weighted by atomic mass is 10.1. The highest BCUT2D eigenvalue weighted by molar-refractivity contribution is 9.10. The maximum atomic E-state index is 13.1. The second-order valence-corrected chi connectivity index (χ2v) is 6.50. The van der Waals surface area contributed by atoms with Gasteiger partial charge in [0.1, 0.15) is 5.82 Å². The summed E-state index contributed by atoms with van der Waals surface area (Å²) in [6, 6.07) is 4.55. The third kappa shape index (κ3) is 3.81. The lowest BCUT2D eigenvalue weighted by Gasteiger charge is -2.15. The smallest absolute Gasteiger partial charge is 0.124 e. The first-order valence-electron chi connectivity index (χ1n) is 4.63. The van der Waals surface area contributed by atoms with Crippen LogP contribution in [0.2, 0.25) is 0 Å². The fourth-order valence-corrected chi connectivity index (χ4v) is 1.72. The van der Waals surface area contributed by atoms with Gasteiger partial charge in [0.05, 0.1) is 15.7 Å². The van der Waals surface area contributed by atoms with Gasteiger partial charge in [-0.25, -0.2) is 8.60 Å². The van der Waals surface area contributed by atoms with E-state index in [2.05, 4.69) is 15.9 Å². The van der Waals surface area contributed by atoms with E-state index in [4.69, 9.17) is 5.14 Å². The Balaban J connectivity index is 2.96. The molecule has 0 spiro atoms. The molecule has 1 aromatic carbocycles. The van der Waals surface area contributed by atoms with Crippen LogP contribution < -0.4 is 5.14 Å². The van der Waals surface area contributed by atoms with Gasteiger partial charge in [0.15, 0.2) is 0 Å². The molecule has 0 aliphatic carbocycles. The minimum Gasteiger partial charge on any atom is -0.251 e. The monoisotopic (exact) mass is 305 g/mol. The van der Waals surface area contributed by atoms with E-state index in [1.807, 2.05) is 0 Å². The van der Waals surface area contributed by atoms with E-state index in [0.717, 1.165) is 0 Å². The molecule has 0 amide bonds. The maximum absolute atomic E-state index is 13.1. The normalized spacial score (nSPS) is 14.3. The number of benzene rings is 1. The van der Waals surface area contributed by atoms with E-state index >= 15 is 0 Å². The molecule has 0 aromatic heterocycles. The van der Waals surface area contributed by atoms with Crippen molar-refractivity contribution in [3.8, 4) is 0 Å². The zero-order valence-electron chi connectivity index (χ0n) is 9.04. The average Bonchev–Trinajstić information content (AvgIpc) is 2.13. The first-order valence-corrected chi connectivity index (χ1v) is 6.63. The Bertz CT molecular complexity index is 425. The number of hydrogen-bond donors (Lipinski definition) is 1. The van der Waals surface area contributed by atoms with Crippen molar-refractivity contribution < 1.29 is 8.60 Å². The van der Waals surface area contributed by atoms with Gasteiger partial charge in [-0.3, -0.25) is 5.14 Å². The highest BCUT2D eigenvalue weighted by atomic mass is 79.9. The fourth-order valence-electron chi connectivity index (χ4n) is 1.04. The molecule has 0 aliphatic heterocycles. The minimum absolute atomic E-state index is 0.319. The molecule has 2 nitrogen and oxygen atoms in total. The Labute approximate surface area is 105 Å². The molecule has 0 saturated carbocycles. The molecular formula is C11H13BrFNOS. The van der Waals surface area contributed by atoms with Crippen molar-refractivity contribution in [2.75, 3.05) is 0 Å². The second kappa shape index (κ2) is 5.21. The van der Waals surface area contributed by atoms with Gasteiger partial charge in [-0.1, -0.05) is 28.1 Å². The Morgan fingerprint density at radius 1 is 1.44 bits per heavy atom. The van der Waals surface area contributed by atoms with E-state index in [9.17, 15) is 8.60 Å². The van der Waals surface area contributed by atoms with Gasteiger partial charge in [-0.05, 0) is 37.6 Å². The van der Waals surface area contributed by atoms with Gasteiger partial charge < -0.3 is 0 Å². The Kier molecular flexibility index (Phi) is 4.41. The second-order valence-electron chi connectivity index (χ2n) is 3.94. The largest absolute Gasteiger partial charge is 0.251 e. The van der Waals surface area contributed by atoms with Gasteiger partial charge >= 0.3 is 0 Å². The topological polar surface area (TPSA) is 43.1 Å². The molecule has 0 saturated heterocycles. The van der Waals surface area contributed by atoms with E-state index in [1.165, 1.54) is 12.1 Å². The van der Waals surface area contributed by atoms with Crippen LogP contribution in [-0.4, -0.2) is 8.96 Å². The van der Waals surface area contributed by atoms with Crippen molar-refractivity contribution in [3.05, 3.63) is 40.1 Å². The summed E-state index contributed by atoms with van der Waals surface area (Å²) in [5, 5.41) is 5.33. The van der Waals surface area contributed by atoms with Gasteiger partial charge in [0.25, 0.3) is 0 Å².